The Morgan fingerprint density at radius 1 is 1.50 bits per heavy atom. The predicted octanol–water partition coefficient (Wildman–Crippen LogP) is 3.56. The zero-order valence-corrected chi connectivity index (χ0v) is 12.0. The number of halogens is 1. The van der Waals surface area contributed by atoms with Gasteiger partial charge in [-0.2, -0.15) is 0 Å². The summed E-state index contributed by atoms with van der Waals surface area (Å²) in [7, 11) is 0. The van der Waals surface area contributed by atoms with Crippen LogP contribution in [-0.4, -0.2) is 17.7 Å². The van der Waals surface area contributed by atoms with E-state index < -0.39 is 5.97 Å². The number of ether oxygens (including phenoxy) is 1. The number of carbonyl (C=O) groups is 1. The Bertz CT molecular complexity index is 453. The van der Waals surface area contributed by atoms with E-state index in [0.29, 0.717) is 18.3 Å². The summed E-state index contributed by atoms with van der Waals surface area (Å²) in [6.45, 7) is 2.64. The third kappa shape index (κ3) is 3.25. The van der Waals surface area contributed by atoms with Crippen molar-refractivity contribution in [3.63, 3.8) is 0 Å². The number of hydrogen-bond acceptors (Lipinski definition) is 2. The fraction of sp³-hybridized carbons (Fsp3) is 0.500. The van der Waals surface area contributed by atoms with Gasteiger partial charge in [0.05, 0.1) is 17.5 Å². The molecule has 0 radical (unpaired) electrons. The zero-order valence-electron chi connectivity index (χ0n) is 10.4. The molecule has 1 saturated carbocycles. The van der Waals surface area contributed by atoms with Gasteiger partial charge >= 0.3 is 5.97 Å². The van der Waals surface area contributed by atoms with Crippen molar-refractivity contribution in [2.24, 2.45) is 5.92 Å². The molecule has 0 aliphatic heterocycles. The molecule has 98 valence electrons. The Balaban J connectivity index is 2.16. The molecule has 0 atom stereocenters. The molecule has 1 aromatic carbocycles. The lowest BCUT2D eigenvalue weighted by Crippen LogP contribution is -2.20. The number of carboxylic acid groups (broad SMARTS) is 1. The predicted molar refractivity (Wildman–Crippen MR) is 73.1 cm³/mol. The molecule has 0 saturated heterocycles. The molecule has 0 aromatic heterocycles. The van der Waals surface area contributed by atoms with Crippen LogP contribution in [0.4, 0.5) is 0 Å². The van der Waals surface area contributed by atoms with Crippen molar-refractivity contribution in [3.05, 3.63) is 27.7 Å². The fourth-order valence-electron chi connectivity index (χ4n) is 2.12. The summed E-state index contributed by atoms with van der Waals surface area (Å²) in [5.41, 5.74) is 1.78. The molecular formula is C14H17BrO3. The molecule has 1 N–H and O–H groups in total. The summed E-state index contributed by atoms with van der Waals surface area (Å²) < 4.78 is 6.66. The van der Waals surface area contributed by atoms with Crippen LogP contribution in [0.2, 0.25) is 0 Å². The molecular weight excluding hydrogens is 296 g/mol. The van der Waals surface area contributed by atoms with E-state index in [-0.39, 0.29) is 6.42 Å². The lowest BCUT2D eigenvalue weighted by atomic mass is 9.86. The van der Waals surface area contributed by atoms with E-state index in [9.17, 15) is 4.79 Å². The minimum Gasteiger partial charge on any atom is -0.492 e. The van der Waals surface area contributed by atoms with Crippen molar-refractivity contribution < 1.29 is 14.6 Å². The molecule has 1 aromatic rings. The van der Waals surface area contributed by atoms with Crippen molar-refractivity contribution >= 4 is 21.9 Å². The molecule has 0 bridgehead atoms. The summed E-state index contributed by atoms with van der Waals surface area (Å²) in [5.74, 6) is 0.492. The van der Waals surface area contributed by atoms with Gasteiger partial charge in [0.15, 0.2) is 0 Å². The summed E-state index contributed by atoms with van der Waals surface area (Å²) >= 11 is 3.46. The topological polar surface area (TPSA) is 46.5 Å². The second kappa shape index (κ2) is 5.74. The van der Waals surface area contributed by atoms with E-state index in [4.69, 9.17) is 9.84 Å². The standard InChI is InChI=1S/C14H17BrO3/c1-9-5-11(7-13(16)17)14(12(15)6-9)18-8-10-3-2-4-10/h5-6,10H,2-4,7-8H2,1H3,(H,16,17). The maximum atomic E-state index is 10.9. The third-order valence-corrected chi connectivity index (χ3v) is 3.88. The Kier molecular flexibility index (Phi) is 4.27. The molecule has 2 rings (SSSR count). The first-order chi connectivity index (χ1) is 8.56. The Morgan fingerprint density at radius 2 is 2.22 bits per heavy atom. The van der Waals surface area contributed by atoms with Gasteiger partial charge in [0, 0.05) is 5.56 Å². The number of aryl methyl sites for hydroxylation is 1. The maximum Gasteiger partial charge on any atom is 0.307 e. The molecule has 1 aliphatic carbocycles. The van der Waals surface area contributed by atoms with E-state index in [0.717, 1.165) is 15.6 Å². The average Bonchev–Trinajstić information content (AvgIpc) is 2.18. The van der Waals surface area contributed by atoms with Crippen LogP contribution in [0.3, 0.4) is 0 Å². The largest absolute Gasteiger partial charge is 0.492 e. The Labute approximate surface area is 115 Å². The quantitative estimate of drug-likeness (QED) is 0.904. The number of hydrogen-bond donors (Lipinski definition) is 1. The highest BCUT2D eigenvalue weighted by Crippen LogP contribution is 2.33. The molecule has 0 heterocycles. The van der Waals surface area contributed by atoms with Gasteiger partial charge in [-0.15, -0.1) is 0 Å². The molecule has 1 fully saturated rings. The first kappa shape index (κ1) is 13.4. The van der Waals surface area contributed by atoms with Gasteiger partial charge in [-0.3, -0.25) is 4.79 Å². The maximum absolute atomic E-state index is 10.9. The SMILES string of the molecule is Cc1cc(Br)c(OCC2CCC2)c(CC(=O)O)c1. The number of benzene rings is 1. The van der Waals surface area contributed by atoms with E-state index in [1.165, 1.54) is 19.3 Å². The zero-order chi connectivity index (χ0) is 13.1. The van der Waals surface area contributed by atoms with Crippen LogP contribution in [0.25, 0.3) is 0 Å². The minimum atomic E-state index is -0.832. The molecule has 4 heteroatoms. The summed E-state index contributed by atoms with van der Waals surface area (Å²) in [4.78, 5) is 10.9. The van der Waals surface area contributed by atoms with Crippen LogP contribution in [0, 0.1) is 12.8 Å². The van der Waals surface area contributed by atoms with E-state index in [1.54, 1.807) is 0 Å². The lowest BCUT2D eigenvalue weighted by molar-refractivity contribution is -0.136. The lowest BCUT2D eigenvalue weighted by Gasteiger charge is -2.26. The monoisotopic (exact) mass is 312 g/mol. The highest BCUT2D eigenvalue weighted by molar-refractivity contribution is 9.10. The van der Waals surface area contributed by atoms with E-state index in [1.807, 2.05) is 19.1 Å². The molecule has 0 amide bonds. The first-order valence-corrected chi connectivity index (χ1v) is 6.99. The van der Waals surface area contributed by atoms with Crippen LogP contribution in [0.15, 0.2) is 16.6 Å². The molecule has 0 unspecified atom stereocenters. The summed E-state index contributed by atoms with van der Waals surface area (Å²) in [5, 5.41) is 8.94. The van der Waals surface area contributed by atoms with Crippen LogP contribution in [0.5, 0.6) is 5.75 Å². The third-order valence-electron chi connectivity index (χ3n) is 3.29. The van der Waals surface area contributed by atoms with Gasteiger partial charge in [0.2, 0.25) is 0 Å². The van der Waals surface area contributed by atoms with Crippen molar-refractivity contribution in [1.29, 1.82) is 0 Å². The second-order valence-electron chi connectivity index (χ2n) is 4.91. The minimum absolute atomic E-state index is 0.000278. The van der Waals surface area contributed by atoms with Crippen molar-refractivity contribution in [2.75, 3.05) is 6.61 Å². The first-order valence-electron chi connectivity index (χ1n) is 6.20. The van der Waals surface area contributed by atoms with Gasteiger partial charge < -0.3 is 9.84 Å². The smallest absolute Gasteiger partial charge is 0.307 e. The fourth-order valence-corrected chi connectivity index (χ4v) is 2.85. The number of carboxylic acids is 1. The van der Waals surface area contributed by atoms with Gasteiger partial charge in [0.1, 0.15) is 5.75 Å². The molecule has 1 aliphatic rings. The van der Waals surface area contributed by atoms with Crippen LogP contribution in [-0.2, 0) is 11.2 Å². The van der Waals surface area contributed by atoms with E-state index >= 15 is 0 Å². The van der Waals surface area contributed by atoms with Crippen LogP contribution < -0.4 is 4.74 Å². The van der Waals surface area contributed by atoms with Crippen LogP contribution >= 0.6 is 15.9 Å². The Morgan fingerprint density at radius 3 is 2.78 bits per heavy atom. The van der Waals surface area contributed by atoms with E-state index in [2.05, 4.69) is 15.9 Å². The second-order valence-corrected chi connectivity index (χ2v) is 5.77. The van der Waals surface area contributed by atoms with Crippen LogP contribution in [0.1, 0.15) is 30.4 Å². The highest BCUT2D eigenvalue weighted by atomic mass is 79.9. The van der Waals surface area contributed by atoms with Crippen molar-refractivity contribution in [3.8, 4) is 5.75 Å². The van der Waals surface area contributed by atoms with Gasteiger partial charge in [-0.1, -0.05) is 12.5 Å². The summed E-state index contributed by atoms with van der Waals surface area (Å²) in [6.07, 6.45) is 3.72. The van der Waals surface area contributed by atoms with Gasteiger partial charge in [-0.05, 0) is 53.2 Å². The number of aliphatic carboxylic acids is 1. The molecule has 3 nitrogen and oxygen atoms in total. The molecule has 18 heavy (non-hydrogen) atoms. The summed E-state index contributed by atoms with van der Waals surface area (Å²) in [6, 6.07) is 3.84. The van der Waals surface area contributed by atoms with Crippen molar-refractivity contribution in [2.45, 2.75) is 32.6 Å². The normalized spacial score (nSPS) is 15.2. The van der Waals surface area contributed by atoms with Gasteiger partial charge in [-0.25, -0.2) is 0 Å². The average molecular weight is 313 g/mol. The van der Waals surface area contributed by atoms with Gasteiger partial charge in [0.25, 0.3) is 0 Å². The Hall–Kier alpha value is -1.03. The highest BCUT2D eigenvalue weighted by Gasteiger charge is 2.20. The van der Waals surface area contributed by atoms with Crippen molar-refractivity contribution in [1.82, 2.24) is 0 Å². The molecule has 0 spiro atoms. The number of rotatable bonds is 5.